The lowest BCUT2D eigenvalue weighted by Crippen LogP contribution is -2.47. The molecule has 0 spiro atoms. The van der Waals surface area contributed by atoms with Gasteiger partial charge in [0.2, 0.25) is 15.9 Å². The van der Waals surface area contributed by atoms with Crippen molar-refractivity contribution in [2.24, 2.45) is 5.73 Å². The molecule has 146 valence electrons. The predicted octanol–water partition coefficient (Wildman–Crippen LogP) is 0.710. The van der Waals surface area contributed by atoms with Gasteiger partial charge in [-0.1, -0.05) is 0 Å². The SMILES string of the molecule is COc1ccc(S(=O)(=O)N2CCC(NC(=O)CC(C)N)CC2)cc1OC. The first-order chi connectivity index (χ1) is 12.3. The number of carbonyl (C=O) groups excluding carboxylic acids is 1. The molecule has 1 aromatic rings. The maximum absolute atomic E-state index is 12.9. The molecular formula is C17H27N3O5S. The van der Waals surface area contributed by atoms with E-state index in [1.54, 1.807) is 13.0 Å². The Morgan fingerprint density at radius 2 is 1.88 bits per heavy atom. The molecule has 1 aliphatic rings. The number of piperidine rings is 1. The van der Waals surface area contributed by atoms with Crippen LogP contribution in [-0.4, -0.2) is 58.0 Å². The van der Waals surface area contributed by atoms with Crippen molar-refractivity contribution < 1.29 is 22.7 Å². The van der Waals surface area contributed by atoms with Crippen LogP contribution in [0.1, 0.15) is 26.2 Å². The van der Waals surface area contributed by atoms with E-state index < -0.39 is 10.0 Å². The standard InChI is InChI=1S/C17H27N3O5S/c1-12(18)10-17(21)19-13-6-8-20(9-7-13)26(22,23)14-4-5-15(24-2)16(11-14)25-3/h4-5,11-13H,6-10,18H2,1-3H3,(H,19,21). The second-order valence-electron chi connectivity index (χ2n) is 6.44. The molecular weight excluding hydrogens is 358 g/mol. The zero-order valence-electron chi connectivity index (χ0n) is 15.4. The topological polar surface area (TPSA) is 111 Å². The van der Waals surface area contributed by atoms with Crippen LogP contribution >= 0.6 is 0 Å². The molecule has 0 radical (unpaired) electrons. The largest absolute Gasteiger partial charge is 0.493 e. The molecule has 1 aliphatic heterocycles. The maximum atomic E-state index is 12.9. The van der Waals surface area contributed by atoms with E-state index in [-0.39, 0.29) is 29.3 Å². The highest BCUT2D eigenvalue weighted by atomic mass is 32.2. The molecule has 26 heavy (non-hydrogen) atoms. The number of hydrogen-bond donors (Lipinski definition) is 2. The Kier molecular flexibility index (Phi) is 6.85. The first-order valence-corrected chi connectivity index (χ1v) is 9.99. The summed E-state index contributed by atoms with van der Waals surface area (Å²) in [6.45, 7) is 2.47. The quantitative estimate of drug-likeness (QED) is 0.715. The summed E-state index contributed by atoms with van der Waals surface area (Å²) < 4.78 is 37.5. The van der Waals surface area contributed by atoms with Gasteiger partial charge in [0.1, 0.15) is 0 Å². The van der Waals surface area contributed by atoms with E-state index in [1.165, 1.54) is 30.7 Å². The highest BCUT2D eigenvalue weighted by molar-refractivity contribution is 7.89. The average molecular weight is 385 g/mol. The fraction of sp³-hybridized carbons (Fsp3) is 0.588. The lowest BCUT2D eigenvalue weighted by atomic mass is 10.1. The van der Waals surface area contributed by atoms with Crippen LogP contribution in [0.15, 0.2) is 23.1 Å². The van der Waals surface area contributed by atoms with Crippen molar-refractivity contribution in [3.8, 4) is 11.5 Å². The first kappa shape index (κ1) is 20.5. The summed E-state index contributed by atoms with van der Waals surface area (Å²) in [5.41, 5.74) is 5.62. The van der Waals surface area contributed by atoms with Crippen molar-refractivity contribution >= 4 is 15.9 Å². The predicted molar refractivity (Wildman–Crippen MR) is 97.7 cm³/mol. The number of rotatable bonds is 7. The second kappa shape index (κ2) is 8.70. The van der Waals surface area contributed by atoms with Crippen molar-refractivity contribution in [2.75, 3.05) is 27.3 Å². The van der Waals surface area contributed by atoms with E-state index in [1.807, 2.05) is 0 Å². The van der Waals surface area contributed by atoms with Gasteiger partial charge in [-0.25, -0.2) is 8.42 Å². The van der Waals surface area contributed by atoms with Crippen LogP contribution < -0.4 is 20.5 Å². The number of amides is 1. The number of hydrogen-bond acceptors (Lipinski definition) is 6. The smallest absolute Gasteiger partial charge is 0.243 e. The summed E-state index contributed by atoms with van der Waals surface area (Å²) in [4.78, 5) is 12.0. The number of nitrogens with zero attached hydrogens (tertiary/aromatic N) is 1. The molecule has 1 amide bonds. The molecule has 3 N–H and O–H groups in total. The van der Waals surface area contributed by atoms with E-state index >= 15 is 0 Å². The fourth-order valence-corrected chi connectivity index (χ4v) is 4.43. The third kappa shape index (κ3) is 4.87. The van der Waals surface area contributed by atoms with E-state index in [2.05, 4.69) is 5.32 Å². The van der Waals surface area contributed by atoms with Gasteiger partial charge >= 0.3 is 0 Å². The second-order valence-corrected chi connectivity index (χ2v) is 8.38. The molecule has 0 aromatic heterocycles. The average Bonchev–Trinajstić information content (AvgIpc) is 2.60. The zero-order valence-corrected chi connectivity index (χ0v) is 16.2. The molecule has 2 rings (SSSR count). The minimum atomic E-state index is -3.63. The molecule has 1 fully saturated rings. The molecule has 8 nitrogen and oxygen atoms in total. The Labute approximate surface area is 154 Å². The van der Waals surface area contributed by atoms with Crippen molar-refractivity contribution in [2.45, 2.75) is 43.2 Å². The lowest BCUT2D eigenvalue weighted by Gasteiger charge is -2.31. The molecule has 1 atom stereocenters. The fourth-order valence-electron chi connectivity index (χ4n) is 2.95. The molecule has 0 bridgehead atoms. The number of sulfonamides is 1. The van der Waals surface area contributed by atoms with Gasteiger partial charge in [-0.2, -0.15) is 4.31 Å². The minimum Gasteiger partial charge on any atom is -0.493 e. The van der Waals surface area contributed by atoms with Gasteiger partial charge in [0.05, 0.1) is 19.1 Å². The van der Waals surface area contributed by atoms with E-state index in [9.17, 15) is 13.2 Å². The van der Waals surface area contributed by atoms with Crippen LogP contribution in [-0.2, 0) is 14.8 Å². The summed E-state index contributed by atoms with van der Waals surface area (Å²) in [6, 6.07) is 4.32. The number of methoxy groups -OCH3 is 2. The zero-order chi connectivity index (χ0) is 19.3. The van der Waals surface area contributed by atoms with E-state index in [0.29, 0.717) is 37.4 Å². The number of nitrogens with two attached hydrogens (primary N) is 1. The Balaban J connectivity index is 2.03. The van der Waals surface area contributed by atoms with E-state index in [0.717, 1.165) is 0 Å². The Morgan fingerprint density at radius 1 is 1.27 bits per heavy atom. The lowest BCUT2D eigenvalue weighted by molar-refractivity contribution is -0.122. The number of carbonyl (C=O) groups is 1. The maximum Gasteiger partial charge on any atom is 0.243 e. The monoisotopic (exact) mass is 385 g/mol. The number of benzene rings is 1. The van der Waals surface area contributed by atoms with Gasteiger partial charge in [0, 0.05) is 37.7 Å². The van der Waals surface area contributed by atoms with Crippen LogP contribution in [0.4, 0.5) is 0 Å². The van der Waals surface area contributed by atoms with Gasteiger partial charge in [0.25, 0.3) is 0 Å². The molecule has 1 saturated heterocycles. The summed E-state index contributed by atoms with van der Waals surface area (Å²) >= 11 is 0. The summed E-state index contributed by atoms with van der Waals surface area (Å²) in [5, 5.41) is 2.92. The van der Waals surface area contributed by atoms with Gasteiger partial charge < -0.3 is 20.5 Å². The molecule has 1 heterocycles. The van der Waals surface area contributed by atoms with Crippen LogP contribution in [0.2, 0.25) is 0 Å². The molecule has 0 aliphatic carbocycles. The first-order valence-electron chi connectivity index (χ1n) is 8.55. The van der Waals surface area contributed by atoms with Gasteiger partial charge in [-0.3, -0.25) is 4.79 Å². The van der Waals surface area contributed by atoms with Crippen molar-refractivity contribution in [3.63, 3.8) is 0 Å². The number of ether oxygens (including phenoxy) is 2. The molecule has 1 unspecified atom stereocenters. The van der Waals surface area contributed by atoms with Crippen LogP contribution in [0, 0.1) is 0 Å². The van der Waals surface area contributed by atoms with Crippen molar-refractivity contribution in [3.05, 3.63) is 18.2 Å². The van der Waals surface area contributed by atoms with Gasteiger partial charge in [-0.15, -0.1) is 0 Å². The van der Waals surface area contributed by atoms with Gasteiger partial charge in [0.15, 0.2) is 11.5 Å². The third-order valence-electron chi connectivity index (χ3n) is 4.32. The Bertz CT molecular complexity index is 728. The normalized spacial score (nSPS) is 17.5. The minimum absolute atomic E-state index is 0.0295. The van der Waals surface area contributed by atoms with Crippen molar-refractivity contribution in [1.29, 1.82) is 0 Å². The Hall–Kier alpha value is -1.84. The third-order valence-corrected chi connectivity index (χ3v) is 6.21. The van der Waals surface area contributed by atoms with Crippen LogP contribution in [0.3, 0.4) is 0 Å². The van der Waals surface area contributed by atoms with Crippen molar-refractivity contribution in [1.82, 2.24) is 9.62 Å². The number of nitrogens with one attached hydrogen (secondary N) is 1. The van der Waals surface area contributed by atoms with E-state index in [4.69, 9.17) is 15.2 Å². The summed E-state index contributed by atoms with van der Waals surface area (Å²) in [7, 11) is -0.666. The molecule has 9 heteroatoms. The summed E-state index contributed by atoms with van der Waals surface area (Å²) in [5.74, 6) is 0.745. The van der Waals surface area contributed by atoms with Gasteiger partial charge in [-0.05, 0) is 31.9 Å². The molecule has 1 aromatic carbocycles. The molecule has 0 saturated carbocycles. The highest BCUT2D eigenvalue weighted by Gasteiger charge is 2.30. The Morgan fingerprint density at radius 3 is 2.42 bits per heavy atom. The summed E-state index contributed by atoms with van der Waals surface area (Å²) in [6.07, 6.45) is 1.40. The van der Waals surface area contributed by atoms with Crippen LogP contribution in [0.5, 0.6) is 11.5 Å². The highest BCUT2D eigenvalue weighted by Crippen LogP contribution is 2.31. The van der Waals surface area contributed by atoms with Crippen LogP contribution in [0.25, 0.3) is 0 Å².